The highest BCUT2D eigenvalue weighted by atomic mass is 79.9. The predicted molar refractivity (Wildman–Crippen MR) is 94.5 cm³/mol. The minimum Gasteiger partial charge on any atom is -0.298 e. The molecule has 0 spiro atoms. The first-order valence-electron chi connectivity index (χ1n) is 7.30. The second kappa shape index (κ2) is 8.58. The Labute approximate surface area is 132 Å². The van der Waals surface area contributed by atoms with Gasteiger partial charge in [0, 0.05) is 5.33 Å². The Morgan fingerprint density at radius 3 is 2.45 bits per heavy atom. The zero-order valence-electron chi connectivity index (χ0n) is 12.7. The molecule has 3 heteroatoms. The molecule has 1 aromatic carbocycles. The molecule has 1 unspecified atom stereocenters. The Kier molecular flexibility index (Phi) is 7.45. The van der Waals surface area contributed by atoms with Crippen LogP contribution in [0.25, 0.3) is 0 Å². The lowest BCUT2D eigenvalue weighted by molar-refractivity contribution is -0.105. The number of halogens is 1. The minimum absolute atomic E-state index is 0.363. The summed E-state index contributed by atoms with van der Waals surface area (Å²) in [6, 6.07) is 10.6. The normalized spacial score (nSPS) is 14.1. The topological polar surface area (TPSA) is 17.1 Å². The van der Waals surface area contributed by atoms with Crippen LogP contribution in [0.3, 0.4) is 0 Å². The number of allylic oxidation sites excluding steroid dienone is 1. The maximum absolute atomic E-state index is 11.4. The van der Waals surface area contributed by atoms with E-state index in [0.717, 1.165) is 23.6 Å². The van der Waals surface area contributed by atoms with E-state index in [4.69, 9.17) is 0 Å². The quantitative estimate of drug-likeness (QED) is 0.222. The molecule has 110 valence electrons. The number of carbonyl (C=O) groups excluding carboxylic acids is 1. The van der Waals surface area contributed by atoms with Crippen LogP contribution >= 0.6 is 15.9 Å². The van der Waals surface area contributed by atoms with Crippen LogP contribution in [0.1, 0.15) is 26.2 Å². The van der Waals surface area contributed by atoms with E-state index in [-0.39, 0.29) is 0 Å². The van der Waals surface area contributed by atoms with E-state index in [9.17, 15) is 4.79 Å². The molecular weight excluding hydrogens is 328 g/mol. The summed E-state index contributed by atoms with van der Waals surface area (Å²) in [6.45, 7) is 6.78. The fraction of sp³-hybridized carbons (Fsp3) is 0.471. The number of alkyl halides is 1. The lowest BCUT2D eigenvalue weighted by Gasteiger charge is -2.21. The third kappa shape index (κ3) is 5.37. The predicted octanol–water partition coefficient (Wildman–Crippen LogP) is 4.47. The third-order valence-electron chi connectivity index (χ3n) is 3.77. The number of carbonyl (C=O) groups is 1. The van der Waals surface area contributed by atoms with E-state index >= 15 is 0 Å². The molecule has 0 aliphatic rings. The number of hydrogen-bond acceptors (Lipinski definition) is 1. The van der Waals surface area contributed by atoms with Crippen molar-refractivity contribution in [3.05, 3.63) is 41.6 Å². The van der Waals surface area contributed by atoms with Crippen LogP contribution in [0.15, 0.2) is 41.6 Å². The summed E-state index contributed by atoms with van der Waals surface area (Å²) in [5.41, 5.74) is 3.26. The van der Waals surface area contributed by atoms with Crippen molar-refractivity contribution in [1.82, 2.24) is 0 Å². The highest BCUT2D eigenvalue weighted by Crippen LogP contribution is 2.19. The van der Waals surface area contributed by atoms with Gasteiger partial charge in [-0.15, -0.1) is 0 Å². The summed E-state index contributed by atoms with van der Waals surface area (Å²) in [5.74, 6) is 0.363. The molecule has 0 saturated heterocycles. The van der Waals surface area contributed by atoms with E-state index in [1.165, 1.54) is 18.0 Å². The lowest BCUT2D eigenvalue weighted by atomic mass is 9.98. The number of rotatable bonds is 8. The molecule has 1 nitrogen and oxygen atoms in total. The highest BCUT2D eigenvalue weighted by molar-refractivity contribution is 9.09. The minimum atomic E-state index is -1.68. The highest BCUT2D eigenvalue weighted by Gasteiger charge is 2.22. The first kappa shape index (κ1) is 17.4. The molecule has 0 aromatic heterocycles. The summed E-state index contributed by atoms with van der Waals surface area (Å²) in [4.78, 5) is 11.4. The van der Waals surface area contributed by atoms with E-state index in [2.05, 4.69) is 65.9 Å². The summed E-state index contributed by atoms with van der Waals surface area (Å²) in [7, 11) is -1.68. The maximum atomic E-state index is 11.4. The Bertz CT molecular complexity index is 440. The van der Waals surface area contributed by atoms with Gasteiger partial charge in [0.2, 0.25) is 0 Å². The average Bonchev–Trinajstić information content (AvgIpc) is 2.46. The van der Waals surface area contributed by atoms with Crippen LogP contribution in [-0.4, -0.2) is 19.7 Å². The van der Waals surface area contributed by atoms with Crippen LogP contribution in [0.4, 0.5) is 0 Å². The fourth-order valence-corrected chi connectivity index (χ4v) is 5.17. The van der Waals surface area contributed by atoms with E-state index in [0.29, 0.717) is 5.92 Å². The third-order valence-corrected chi connectivity index (χ3v) is 7.21. The molecule has 1 aromatic rings. The second-order valence-corrected chi connectivity index (χ2v) is 11.0. The Hall–Kier alpha value is -0.673. The van der Waals surface area contributed by atoms with Gasteiger partial charge in [0.25, 0.3) is 0 Å². The number of hydrogen-bond donors (Lipinski definition) is 0. The van der Waals surface area contributed by atoms with Crippen molar-refractivity contribution in [1.29, 1.82) is 0 Å². The molecule has 1 rings (SSSR count). The molecule has 0 N–H and O–H groups in total. The van der Waals surface area contributed by atoms with E-state index in [1.54, 1.807) is 0 Å². The smallest absolute Gasteiger partial charge is 0.145 e. The molecule has 0 aliphatic carbocycles. The molecule has 0 saturated carbocycles. The van der Waals surface area contributed by atoms with Gasteiger partial charge in [-0.25, -0.2) is 0 Å². The molecule has 0 aliphatic heterocycles. The molecule has 0 amide bonds. The van der Waals surface area contributed by atoms with Crippen molar-refractivity contribution in [3.8, 4) is 0 Å². The SMILES string of the molecule is CC(CCCCBr)/C(C=O)=C/[Si](C)(C)c1ccccc1. The first-order valence-corrected chi connectivity index (χ1v) is 11.5. The van der Waals surface area contributed by atoms with Crippen molar-refractivity contribution >= 4 is 35.5 Å². The summed E-state index contributed by atoms with van der Waals surface area (Å²) in [5, 5.41) is 2.43. The van der Waals surface area contributed by atoms with Gasteiger partial charge in [-0.1, -0.05) is 83.6 Å². The molecule has 0 heterocycles. The maximum Gasteiger partial charge on any atom is 0.145 e. The standard InChI is InChI=1S/C17H25BrOSi/c1-15(9-7-8-12-18)16(13-19)14-20(2,3)17-10-5-4-6-11-17/h4-6,10-11,13-15H,7-9,12H2,1-3H3/b16-14+. The summed E-state index contributed by atoms with van der Waals surface area (Å²) >= 11 is 3.46. The monoisotopic (exact) mass is 352 g/mol. The lowest BCUT2D eigenvalue weighted by Crippen LogP contribution is -2.40. The van der Waals surface area contributed by atoms with Gasteiger partial charge < -0.3 is 0 Å². The van der Waals surface area contributed by atoms with Crippen molar-refractivity contribution < 1.29 is 4.79 Å². The first-order chi connectivity index (χ1) is 9.51. The van der Waals surface area contributed by atoms with Gasteiger partial charge in [0.15, 0.2) is 0 Å². The molecule has 20 heavy (non-hydrogen) atoms. The fourth-order valence-electron chi connectivity index (χ4n) is 2.37. The number of unbranched alkanes of at least 4 members (excludes halogenated alkanes) is 1. The van der Waals surface area contributed by atoms with Crippen LogP contribution in [0.5, 0.6) is 0 Å². The van der Waals surface area contributed by atoms with Crippen molar-refractivity contribution in [2.45, 2.75) is 39.3 Å². The molecule has 0 bridgehead atoms. The molecular formula is C17H25BrOSi. The van der Waals surface area contributed by atoms with Crippen molar-refractivity contribution in [2.75, 3.05) is 5.33 Å². The Morgan fingerprint density at radius 2 is 1.90 bits per heavy atom. The Morgan fingerprint density at radius 1 is 1.25 bits per heavy atom. The van der Waals surface area contributed by atoms with Crippen molar-refractivity contribution in [2.24, 2.45) is 5.92 Å². The van der Waals surface area contributed by atoms with Crippen LogP contribution in [0, 0.1) is 5.92 Å². The van der Waals surface area contributed by atoms with Gasteiger partial charge in [-0.2, -0.15) is 0 Å². The number of aldehydes is 1. The van der Waals surface area contributed by atoms with Crippen LogP contribution in [0.2, 0.25) is 13.1 Å². The van der Waals surface area contributed by atoms with Gasteiger partial charge in [0.05, 0.1) is 0 Å². The summed E-state index contributed by atoms with van der Waals surface area (Å²) in [6.07, 6.45) is 4.51. The van der Waals surface area contributed by atoms with Gasteiger partial charge >= 0.3 is 0 Å². The van der Waals surface area contributed by atoms with Crippen LogP contribution in [-0.2, 0) is 4.79 Å². The van der Waals surface area contributed by atoms with Crippen molar-refractivity contribution in [3.63, 3.8) is 0 Å². The molecule has 0 radical (unpaired) electrons. The van der Waals surface area contributed by atoms with Crippen LogP contribution < -0.4 is 5.19 Å². The zero-order chi connectivity index (χ0) is 15.0. The van der Waals surface area contributed by atoms with Gasteiger partial charge in [0.1, 0.15) is 14.4 Å². The van der Waals surface area contributed by atoms with E-state index in [1.807, 2.05) is 6.07 Å². The second-order valence-electron chi connectivity index (χ2n) is 5.94. The van der Waals surface area contributed by atoms with Gasteiger partial charge in [-0.3, -0.25) is 4.79 Å². The van der Waals surface area contributed by atoms with Gasteiger partial charge in [-0.05, 0) is 24.3 Å². The average molecular weight is 353 g/mol. The zero-order valence-corrected chi connectivity index (χ0v) is 15.3. The van der Waals surface area contributed by atoms with E-state index < -0.39 is 8.07 Å². The summed E-state index contributed by atoms with van der Waals surface area (Å²) < 4.78 is 0. The molecule has 1 atom stereocenters. The Balaban J connectivity index is 2.84. The largest absolute Gasteiger partial charge is 0.298 e. The number of benzene rings is 1. The molecule has 0 fully saturated rings.